The highest BCUT2D eigenvalue weighted by Gasteiger charge is 2.12. The molecule has 0 aliphatic carbocycles. The zero-order valence-corrected chi connectivity index (χ0v) is 14.7. The molecule has 0 atom stereocenters. The molecule has 1 aromatic heterocycles. The van der Waals surface area contributed by atoms with Crippen LogP contribution < -0.4 is 14.9 Å². The van der Waals surface area contributed by atoms with Crippen LogP contribution in [0.15, 0.2) is 57.9 Å². The van der Waals surface area contributed by atoms with Gasteiger partial charge in [-0.2, -0.15) is 0 Å². The first-order valence-corrected chi connectivity index (χ1v) is 8.14. The van der Waals surface area contributed by atoms with E-state index >= 15 is 0 Å². The van der Waals surface area contributed by atoms with Gasteiger partial charge in [0.2, 0.25) is 11.2 Å². The molecule has 0 fully saturated rings. The number of carbonyl (C=O) groups excluding carboxylic acids is 2. The third-order valence-corrected chi connectivity index (χ3v) is 3.74. The Bertz CT molecular complexity index is 1050. The van der Waals surface area contributed by atoms with Crippen LogP contribution in [0.5, 0.6) is 17.2 Å². The van der Waals surface area contributed by atoms with E-state index in [0.29, 0.717) is 17.1 Å². The molecule has 0 unspecified atom stereocenters. The van der Waals surface area contributed by atoms with Crippen LogP contribution in [0.4, 0.5) is 0 Å². The summed E-state index contributed by atoms with van der Waals surface area (Å²) in [6.07, 6.45) is 1.42. The number of methoxy groups -OCH3 is 1. The molecule has 1 heterocycles. The zero-order valence-electron chi connectivity index (χ0n) is 14.7. The molecule has 27 heavy (non-hydrogen) atoms. The quantitative estimate of drug-likeness (QED) is 0.501. The maximum absolute atomic E-state index is 12.6. The molecule has 7 nitrogen and oxygen atoms in total. The van der Waals surface area contributed by atoms with Gasteiger partial charge in [0.1, 0.15) is 23.3 Å². The summed E-state index contributed by atoms with van der Waals surface area (Å²) < 4.78 is 20.7. The molecule has 0 spiro atoms. The molecule has 0 saturated heterocycles. The Balaban J connectivity index is 1.86. The number of ether oxygens (including phenoxy) is 3. The van der Waals surface area contributed by atoms with Crippen LogP contribution in [0.2, 0.25) is 0 Å². The number of fused-ring (bicyclic) bond motifs is 1. The Morgan fingerprint density at radius 1 is 1.04 bits per heavy atom. The molecular weight excluding hydrogens is 352 g/mol. The summed E-state index contributed by atoms with van der Waals surface area (Å²) in [4.78, 5) is 35.4. The minimum absolute atomic E-state index is 0.00776. The van der Waals surface area contributed by atoms with E-state index in [1.165, 1.54) is 43.7 Å². The summed E-state index contributed by atoms with van der Waals surface area (Å²) in [7, 11) is 1.29. The van der Waals surface area contributed by atoms with Gasteiger partial charge in [0, 0.05) is 12.5 Å². The predicted molar refractivity (Wildman–Crippen MR) is 96.3 cm³/mol. The Morgan fingerprint density at radius 3 is 2.41 bits per heavy atom. The van der Waals surface area contributed by atoms with Gasteiger partial charge in [0.15, 0.2) is 0 Å². The molecule has 0 N–H and O–H groups in total. The van der Waals surface area contributed by atoms with Crippen molar-refractivity contribution in [2.24, 2.45) is 0 Å². The summed E-state index contributed by atoms with van der Waals surface area (Å²) >= 11 is 0. The summed E-state index contributed by atoms with van der Waals surface area (Å²) in [5.74, 6) is -0.197. The van der Waals surface area contributed by atoms with E-state index in [0.717, 1.165) is 0 Å². The van der Waals surface area contributed by atoms with Crippen molar-refractivity contribution in [2.45, 2.75) is 13.3 Å². The summed E-state index contributed by atoms with van der Waals surface area (Å²) in [5, 5.41) is 0.287. The number of benzene rings is 2. The Hall–Kier alpha value is -3.61. The van der Waals surface area contributed by atoms with Gasteiger partial charge >= 0.3 is 11.9 Å². The largest absolute Gasteiger partial charge is 0.465 e. The smallest absolute Gasteiger partial charge is 0.337 e. The number of esters is 2. The van der Waals surface area contributed by atoms with Gasteiger partial charge in [-0.25, -0.2) is 4.79 Å². The minimum atomic E-state index is -0.466. The molecule has 3 aromatic rings. The average molecular weight is 368 g/mol. The first kappa shape index (κ1) is 18.2. The monoisotopic (exact) mass is 368 g/mol. The fourth-order valence-electron chi connectivity index (χ4n) is 2.33. The molecule has 7 heteroatoms. The normalized spacial score (nSPS) is 10.4. The predicted octanol–water partition coefficient (Wildman–Crippen LogP) is 3.69. The fourth-order valence-corrected chi connectivity index (χ4v) is 2.33. The van der Waals surface area contributed by atoms with Gasteiger partial charge in [0.05, 0.1) is 18.1 Å². The molecular formula is C20H16O7. The lowest BCUT2D eigenvalue weighted by Gasteiger charge is -2.07. The van der Waals surface area contributed by atoms with Crippen molar-refractivity contribution in [1.29, 1.82) is 0 Å². The highest BCUT2D eigenvalue weighted by molar-refractivity contribution is 5.89. The Kier molecular flexibility index (Phi) is 5.21. The molecule has 0 aliphatic rings. The molecule has 0 aliphatic heterocycles. The van der Waals surface area contributed by atoms with E-state index in [1.54, 1.807) is 19.1 Å². The van der Waals surface area contributed by atoms with E-state index in [-0.39, 0.29) is 34.5 Å². The third kappa shape index (κ3) is 3.98. The van der Waals surface area contributed by atoms with E-state index in [1.807, 2.05) is 0 Å². The van der Waals surface area contributed by atoms with Crippen LogP contribution in [-0.4, -0.2) is 19.0 Å². The number of hydrogen-bond acceptors (Lipinski definition) is 7. The Labute approximate surface area is 154 Å². The summed E-state index contributed by atoms with van der Waals surface area (Å²) in [6.45, 7) is 1.69. The first-order valence-electron chi connectivity index (χ1n) is 8.14. The number of carbonyl (C=O) groups is 2. The van der Waals surface area contributed by atoms with E-state index in [9.17, 15) is 14.4 Å². The van der Waals surface area contributed by atoms with E-state index in [4.69, 9.17) is 13.9 Å². The van der Waals surface area contributed by atoms with Crippen LogP contribution in [0.25, 0.3) is 11.0 Å². The molecule has 138 valence electrons. The number of hydrogen-bond donors (Lipinski definition) is 0. The van der Waals surface area contributed by atoms with Crippen LogP contribution in [0.3, 0.4) is 0 Å². The number of rotatable bonds is 5. The molecule has 0 bridgehead atoms. The van der Waals surface area contributed by atoms with Gasteiger partial charge in [-0.1, -0.05) is 6.92 Å². The van der Waals surface area contributed by atoms with Crippen molar-refractivity contribution < 1.29 is 28.2 Å². The van der Waals surface area contributed by atoms with Crippen LogP contribution in [0, 0.1) is 0 Å². The van der Waals surface area contributed by atoms with E-state index in [2.05, 4.69) is 4.74 Å². The highest BCUT2D eigenvalue weighted by atomic mass is 16.5. The molecule has 3 rings (SSSR count). The molecule has 2 aromatic carbocycles. The molecule has 0 saturated carbocycles. The lowest BCUT2D eigenvalue weighted by atomic mass is 10.2. The second kappa shape index (κ2) is 7.74. The summed E-state index contributed by atoms with van der Waals surface area (Å²) in [6, 6.07) is 10.6. The SMILES string of the molecule is CCC(=O)Oc1ccc2c(=O)c(Oc3ccc(C(=O)OC)cc3)coc2c1. The standard InChI is InChI=1S/C20H16O7/c1-3-18(21)27-14-8-9-15-16(10-14)25-11-17(19(15)22)26-13-6-4-12(5-7-13)20(23)24-2/h4-11H,3H2,1-2H3. The first-order chi connectivity index (χ1) is 13.0. The van der Waals surface area contributed by atoms with Crippen molar-refractivity contribution in [2.75, 3.05) is 7.11 Å². The fraction of sp³-hybridized carbons (Fsp3) is 0.150. The van der Waals surface area contributed by atoms with Crippen molar-refractivity contribution in [3.05, 3.63) is 64.5 Å². The second-order valence-corrected chi connectivity index (χ2v) is 5.53. The van der Waals surface area contributed by atoms with Gasteiger partial charge in [-0.3, -0.25) is 9.59 Å². The lowest BCUT2D eigenvalue weighted by molar-refractivity contribution is -0.134. The average Bonchev–Trinajstić information content (AvgIpc) is 2.70. The van der Waals surface area contributed by atoms with Crippen molar-refractivity contribution in [3.8, 4) is 17.2 Å². The van der Waals surface area contributed by atoms with Crippen LogP contribution >= 0.6 is 0 Å². The van der Waals surface area contributed by atoms with Crippen molar-refractivity contribution in [3.63, 3.8) is 0 Å². The van der Waals surface area contributed by atoms with Crippen LogP contribution in [0.1, 0.15) is 23.7 Å². The maximum Gasteiger partial charge on any atom is 0.337 e. The molecule has 0 radical (unpaired) electrons. The molecule has 0 amide bonds. The highest BCUT2D eigenvalue weighted by Crippen LogP contribution is 2.24. The second-order valence-electron chi connectivity index (χ2n) is 5.53. The van der Waals surface area contributed by atoms with Gasteiger partial charge in [-0.15, -0.1) is 0 Å². The summed E-state index contributed by atoms with van der Waals surface area (Å²) in [5.41, 5.74) is 0.265. The third-order valence-electron chi connectivity index (χ3n) is 3.74. The van der Waals surface area contributed by atoms with Gasteiger partial charge in [-0.05, 0) is 36.4 Å². The lowest BCUT2D eigenvalue weighted by Crippen LogP contribution is -2.07. The zero-order chi connectivity index (χ0) is 19.4. The van der Waals surface area contributed by atoms with Gasteiger partial charge in [0.25, 0.3) is 0 Å². The van der Waals surface area contributed by atoms with Crippen molar-refractivity contribution >= 4 is 22.9 Å². The van der Waals surface area contributed by atoms with Gasteiger partial charge < -0.3 is 18.6 Å². The minimum Gasteiger partial charge on any atom is -0.465 e. The Morgan fingerprint density at radius 2 is 1.74 bits per heavy atom. The van der Waals surface area contributed by atoms with Crippen molar-refractivity contribution in [1.82, 2.24) is 0 Å². The van der Waals surface area contributed by atoms with E-state index < -0.39 is 5.97 Å². The van der Waals surface area contributed by atoms with Crippen LogP contribution in [-0.2, 0) is 9.53 Å². The topological polar surface area (TPSA) is 92.0 Å². The maximum atomic E-state index is 12.6.